The lowest BCUT2D eigenvalue weighted by Crippen LogP contribution is -2.28. The molecule has 0 spiro atoms. The second kappa shape index (κ2) is 9.97. The molecule has 0 heterocycles. The van der Waals surface area contributed by atoms with Gasteiger partial charge in [-0.2, -0.15) is 0 Å². The maximum absolute atomic E-state index is 5.84. The molecule has 0 aromatic heterocycles. The molecule has 0 fully saturated rings. The van der Waals surface area contributed by atoms with E-state index in [-0.39, 0.29) is 14.4 Å². The zero-order valence-electron chi connectivity index (χ0n) is 12.7. The van der Waals surface area contributed by atoms with Gasteiger partial charge in [0, 0.05) is 6.04 Å². The highest BCUT2D eigenvalue weighted by Crippen LogP contribution is 2.27. The van der Waals surface area contributed by atoms with Gasteiger partial charge in [-0.3, -0.25) is 0 Å². The molecule has 0 amide bonds. The van der Waals surface area contributed by atoms with E-state index in [1.807, 2.05) is 36.4 Å². The third-order valence-electron chi connectivity index (χ3n) is 3.19. The summed E-state index contributed by atoms with van der Waals surface area (Å²) in [6.07, 6.45) is 6.45. The Labute approximate surface area is 134 Å². The van der Waals surface area contributed by atoms with E-state index >= 15 is 0 Å². The van der Waals surface area contributed by atoms with E-state index in [1.165, 1.54) is 5.56 Å². The van der Waals surface area contributed by atoms with E-state index in [2.05, 4.69) is 41.8 Å². The predicted molar refractivity (Wildman–Crippen MR) is 94.1 cm³/mol. The predicted octanol–water partition coefficient (Wildman–Crippen LogP) is 3.32. The molecule has 2 unspecified atom stereocenters. The summed E-state index contributed by atoms with van der Waals surface area (Å²) in [5.41, 5.74) is 1.32. The third-order valence-corrected chi connectivity index (χ3v) is 4.35. The molecule has 0 saturated heterocycles. The first-order chi connectivity index (χ1) is 10.3. The van der Waals surface area contributed by atoms with Gasteiger partial charge in [-0.05, 0) is 31.0 Å². The Balaban J connectivity index is 0.00000242. The summed E-state index contributed by atoms with van der Waals surface area (Å²) in [6.45, 7) is 2.78. The number of rotatable bonds is 7. The Morgan fingerprint density at radius 2 is 1.68 bits per heavy atom. The van der Waals surface area contributed by atoms with Crippen molar-refractivity contribution in [2.75, 3.05) is 6.54 Å². The van der Waals surface area contributed by atoms with Gasteiger partial charge in [0.15, 0.2) is 8.96 Å². The Bertz CT molecular complexity index is 569. The third kappa shape index (κ3) is 5.87. The number of para-hydroxylation sites is 1. The van der Waals surface area contributed by atoms with Crippen LogP contribution < -0.4 is 4.52 Å². The summed E-state index contributed by atoms with van der Waals surface area (Å²) >= 11 is 0. The Kier molecular flexibility index (Phi) is 8.25. The normalized spacial score (nSPS) is 11.9. The minimum atomic E-state index is 0. The average molecular weight is 315 g/mol. The summed E-state index contributed by atoms with van der Waals surface area (Å²) < 4.78 is 8.03. The van der Waals surface area contributed by atoms with Crippen molar-refractivity contribution in [3.8, 4) is 18.1 Å². The highest BCUT2D eigenvalue weighted by atomic mass is 31.1. The SMILES string of the molecule is C#CCN(POc1ccccc1)C(C)Cc1ccccc1.O. The maximum atomic E-state index is 5.84. The van der Waals surface area contributed by atoms with E-state index in [0.29, 0.717) is 12.6 Å². The van der Waals surface area contributed by atoms with E-state index in [1.54, 1.807) is 0 Å². The molecular formula is C18H22NO2P. The first-order valence-corrected chi connectivity index (χ1v) is 7.86. The highest BCUT2D eigenvalue weighted by molar-refractivity contribution is 7.29. The van der Waals surface area contributed by atoms with Crippen LogP contribution in [-0.4, -0.2) is 22.7 Å². The molecule has 22 heavy (non-hydrogen) atoms. The smallest absolute Gasteiger partial charge is 0.150 e. The molecule has 0 radical (unpaired) electrons. The molecule has 2 aromatic rings. The summed E-state index contributed by atoms with van der Waals surface area (Å²) in [4.78, 5) is 0. The molecule has 2 atom stereocenters. The van der Waals surface area contributed by atoms with Crippen LogP contribution in [0.25, 0.3) is 0 Å². The number of terminal acetylenes is 1. The fourth-order valence-electron chi connectivity index (χ4n) is 2.04. The van der Waals surface area contributed by atoms with Crippen LogP contribution in [0, 0.1) is 12.3 Å². The van der Waals surface area contributed by atoms with Crippen LogP contribution in [0.3, 0.4) is 0 Å². The molecule has 0 aliphatic carbocycles. The monoisotopic (exact) mass is 315 g/mol. The first kappa shape index (κ1) is 18.2. The van der Waals surface area contributed by atoms with Gasteiger partial charge in [0.25, 0.3) is 0 Å². The van der Waals surface area contributed by atoms with E-state index < -0.39 is 0 Å². The van der Waals surface area contributed by atoms with Crippen molar-refractivity contribution in [3.63, 3.8) is 0 Å². The van der Waals surface area contributed by atoms with Gasteiger partial charge >= 0.3 is 0 Å². The minimum Gasteiger partial charge on any atom is -0.461 e. The molecule has 116 valence electrons. The molecule has 0 bridgehead atoms. The van der Waals surface area contributed by atoms with Gasteiger partial charge in [0.2, 0.25) is 0 Å². The molecular weight excluding hydrogens is 293 g/mol. The van der Waals surface area contributed by atoms with Crippen molar-refractivity contribution in [1.82, 2.24) is 4.67 Å². The second-order valence-electron chi connectivity index (χ2n) is 4.88. The fraction of sp³-hybridized carbons (Fsp3) is 0.222. The Morgan fingerprint density at radius 3 is 2.27 bits per heavy atom. The van der Waals surface area contributed by atoms with Crippen LogP contribution in [0.5, 0.6) is 5.75 Å². The quantitative estimate of drug-likeness (QED) is 0.581. The van der Waals surface area contributed by atoms with Crippen molar-refractivity contribution < 1.29 is 10.00 Å². The maximum Gasteiger partial charge on any atom is 0.150 e. The lowest BCUT2D eigenvalue weighted by Gasteiger charge is -2.26. The van der Waals surface area contributed by atoms with Crippen LogP contribution >= 0.6 is 8.96 Å². The minimum absolute atomic E-state index is 0. The molecule has 3 nitrogen and oxygen atoms in total. The fourth-order valence-corrected chi connectivity index (χ4v) is 2.83. The van der Waals surface area contributed by atoms with Gasteiger partial charge in [-0.15, -0.1) is 6.42 Å². The number of nitrogens with zero attached hydrogens (tertiary/aromatic N) is 1. The standard InChI is InChI=1S/C18H20NOP.H2O/c1-3-14-19(21-20-18-12-8-5-9-13-18)16(2)15-17-10-6-4-7-11-17;/h1,4-13,16,21H,14-15H2,2H3;1H2. The Morgan fingerprint density at radius 1 is 1.09 bits per heavy atom. The summed E-state index contributed by atoms with van der Waals surface area (Å²) in [7, 11) is 0.230. The van der Waals surface area contributed by atoms with Crippen LogP contribution in [0.1, 0.15) is 12.5 Å². The van der Waals surface area contributed by atoms with Gasteiger partial charge in [-0.1, -0.05) is 54.5 Å². The zero-order valence-corrected chi connectivity index (χ0v) is 13.7. The topological polar surface area (TPSA) is 44.0 Å². The average Bonchev–Trinajstić information content (AvgIpc) is 2.53. The van der Waals surface area contributed by atoms with E-state index in [4.69, 9.17) is 10.9 Å². The second-order valence-corrected chi connectivity index (χ2v) is 5.84. The van der Waals surface area contributed by atoms with Crippen LogP contribution in [0.4, 0.5) is 0 Å². The van der Waals surface area contributed by atoms with Gasteiger partial charge in [0.1, 0.15) is 5.75 Å². The van der Waals surface area contributed by atoms with Crippen molar-refractivity contribution in [1.29, 1.82) is 0 Å². The van der Waals surface area contributed by atoms with Crippen molar-refractivity contribution >= 4 is 8.96 Å². The van der Waals surface area contributed by atoms with Gasteiger partial charge in [0.05, 0.1) is 6.54 Å². The summed E-state index contributed by atoms with van der Waals surface area (Å²) in [5.74, 6) is 3.60. The van der Waals surface area contributed by atoms with Gasteiger partial charge < -0.3 is 10.00 Å². The largest absolute Gasteiger partial charge is 0.461 e. The molecule has 4 heteroatoms. The lowest BCUT2D eigenvalue weighted by molar-refractivity contribution is 0.374. The molecule has 0 aliphatic rings. The van der Waals surface area contributed by atoms with Crippen LogP contribution in [0.15, 0.2) is 60.7 Å². The lowest BCUT2D eigenvalue weighted by atomic mass is 10.1. The number of hydrogen-bond donors (Lipinski definition) is 0. The molecule has 2 N–H and O–H groups in total. The zero-order chi connectivity index (χ0) is 14.9. The number of hydrogen-bond acceptors (Lipinski definition) is 2. The molecule has 0 aliphatic heterocycles. The first-order valence-electron chi connectivity index (χ1n) is 7.01. The van der Waals surface area contributed by atoms with Crippen molar-refractivity contribution in [2.45, 2.75) is 19.4 Å². The summed E-state index contributed by atoms with van der Waals surface area (Å²) in [5, 5.41) is 0. The van der Waals surface area contributed by atoms with E-state index in [0.717, 1.165) is 12.2 Å². The number of benzene rings is 2. The molecule has 0 saturated carbocycles. The van der Waals surface area contributed by atoms with Crippen LogP contribution in [-0.2, 0) is 6.42 Å². The van der Waals surface area contributed by atoms with Crippen molar-refractivity contribution in [2.24, 2.45) is 0 Å². The molecule has 2 rings (SSSR count). The van der Waals surface area contributed by atoms with Crippen LogP contribution in [0.2, 0.25) is 0 Å². The Hall–Kier alpha value is -1.85. The van der Waals surface area contributed by atoms with Gasteiger partial charge in [-0.25, -0.2) is 4.67 Å². The molecule has 2 aromatic carbocycles. The van der Waals surface area contributed by atoms with E-state index in [9.17, 15) is 0 Å². The summed E-state index contributed by atoms with van der Waals surface area (Å²) in [6, 6.07) is 20.6. The highest BCUT2D eigenvalue weighted by Gasteiger charge is 2.14. The van der Waals surface area contributed by atoms with Crippen molar-refractivity contribution in [3.05, 3.63) is 66.2 Å².